The van der Waals surface area contributed by atoms with Crippen molar-refractivity contribution in [3.63, 3.8) is 0 Å². The van der Waals surface area contributed by atoms with Gasteiger partial charge in [0, 0.05) is 45.6 Å². The highest BCUT2D eigenvalue weighted by Crippen LogP contribution is 2.49. The molecule has 0 aliphatic carbocycles. The minimum atomic E-state index is -0.158. The Labute approximate surface area is 439 Å². The molecule has 8 aromatic heterocycles. The summed E-state index contributed by atoms with van der Waals surface area (Å²) in [6.45, 7) is 28.0. The summed E-state index contributed by atoms with van der Waals surface area (Å²) in [6, 6.07) is 22.8. The summed E-state index contributed by atoms with van der Waals surface area (Å²) in [7, 11) is 0. The summed E-state index contributed by atoms with van der Waals surface area (Å²) >= 11 is 0. The number of nitrogens with zero attached hydrogens (tertiary/aromatic N) is 2. The molecule has 20 bridgehead atoms. The lowest BCUT2D eigenvalue weighted by atomic mass is 9.85. The molecule has 0 saturated carbocycles. The van der Waals surface area contributed by atoms with Gasteiger partial charge in [0.2, 0.25) is 0 Å². The zero-order chi connectivity index (χ0) is 51.7. The van der Waals surface area contributed by atoms with Crippen LogP contribution in [0.5, 0.6) is 0 Å². The van der Waals surface area contributed by atoms with Crippen LogP contribution in [-0.4, -0.2) is 39.9 Å². The van der Waals surface area contributed by atoms with Crippen LogP contribution in [0.25, 0.3) is 68.1 Å². The van der Waals surface area contributed by atoms with Crippen LogP contribution in [-0.2, 0) is 77.0 Å². The maximum Gasteiger partial charge on any atom is 0.0875 e. The standard InChI is InChI=1S/C66H78N8/c1-13-37-43(19-7)61-53-63-45(21-9)39(15-3)57(71-63)49-30-26-32-51(67-49)59-41(17-5)47(23-11)65(73-59)54(62-44(20-8)38(14-2)56(70-62)36-29-25-28-35(34-36)55(37)69-61)66-48(24-12)42(18-6)60(74-66)52-33-27-31-50(68-52)58-40(16-4)46(22-10)64(53)72-58/h25-34,53-54,69-74H,13-24H2,1-12H3. The van der Waals surface area contributed by atoms with Crippen LogP contribution in [0.3, 0.4) is 0 Å². The molecule has 382 valence electrons. The maximum absolute atomic E-state index is 5.75. The summed E-state index contributed by atoms with van der Waals surface area (Å²) in [4.78, 5) is 37.2. The highest BCUT2D eigenvalue weighted by atomic mass is 14.9. The maximum atomic E-state index is 5.75. The van der Waals surface area contributed by atoms with E-state index in [1.807, 2.05) is 0 Å². The van der Waals surface area contributed by atoms with E-state index in [0.717, 1.165) is 123 Å². The van der Waals surface area contributed by atoms with Crippen molar-refractivity contribution in [1.29, 1.82) is 0 Å². The Kier molecular flexibility index (Phi) is 13.2. The van der Waals surface area contributed by atoms with Gasteiger partial charge >= 0.3 is 0 Å². The molecule has 0 atom stereocenters. The van der Waals surface area contributed by atoms with Gasteiger partial charge in [-0.2, -0.15) is 0 Å². The van der Waals surface area contributed by atoms with Crippen molar-refractivity contribution in [3.05, 3.63) is 162 Å². The van der Waals surface area contributed by atoms with E-state index in [0.29, 0.717) is 0 Å². The van der Waals surface area contributed by atoms with Crippen molar-refractivity contribution in [2.24, 2.45) is 0 Å². The van der Waals surface area contributed by atoms with E-state index >= 15 is 0 Å². The average Bonchev–Trinajstić information content (AvgIpc) is 4.30. The molecule has 0 amide bonds. The number of nitrogens with one attached hydrogen (secondary N) is 6. The molecule has 11 heterocycles. The second-order valence-corrected chi connectivity index (χ2v) is 20.7. The molecule has 8 nitrogen and oxygen atoms in total. The van der Waals surface area contributed by atoms with E-state index in [1.54, 1.807) is 0 Å². The molecule has 6 N–H and O–H groups in total. The van der Waals surface area contributed by atoms with Gasteiger partial charge in [-0.1, -0.05) is 113 Å². The van der Waals surface area contributed by atoms with E-state index in [-0.39, 0.29) is 11.8 Å². The van der Waals surface area contributed by atoms with Gasteiger partial charge in [0.1, 0.15) is 0 Å². The number of hydrogen-bond acceptors (Lipinski definition) is 2. The summed E-state index contributed by atoms with van der Waals surface area (Å²) in [5, 5.41) is 0. The van der Waals surface area contributed by atoms with Gasteiger partial charge in [0.05, 0.1) is 57.4 Å². The second kappa shape index (κ2) is 19.8. The molecule has 74 heavy (non-hydrogen) atoms. The van der Waals surface area contributed by atoms with E-state index in [2.05, 4.69) is 174 Å². The van der Waals surface area contributed by atoms with Gasteiger partial charge < -0.3 is 29.9 Å². The number of pyridine rings is 2. The Balaban J connectivity index is 1.41. The topological polar surface area (TPSA) is 121 Å². The molecular weight excluding hydrogens is 905 g/mol. The van der Waals surface area contributed by atoms with Crippen LogP contribution in [0, 0.1) is 0 Å². The third-order valence-electron chi connectivity index (χ3n) is 17.4. The lowest BCUT2D eigenvalue weighted by molar-refractivity contribution is 0.815. The summed E-state index contributed by atoms with van der Waals surface area (Å²) in [6.07, 6.45) is 10.7. The molecule has 0 saturated heterocycles. The third-order valence-corrected chi connectivity index (χ3v) is 17.4. The van der Waals surface area contributed by atoms with E-state index in [1.165, 1.54) is 123 Å². The number of aromatic nitrogens is 8. The van der Waals surface area contributed by atoms with E-state index in [9.17, 15) is 0 Å². The van der Waals surface area contributed by atoms with Crippen LogP contribution in [0.4, 0.5) is 0 Å². The minimum absolute atomic E-state index is 0.158. The molecule has 1 aromatic carbocycles. The molecule has 3 aliphatic rings. The zero-order valence-electron chi connectivity index (χ0n) is 46.3. The van der Waals surface area contributed by atoms with Gasteiger partial charge in [-0.25, -0.2) is 9.97 Å². The number of benzene rings is 1. The number of hydrogen-bond donors (Lipinski definition) is 6. The fourth-order valence-corrected chi connectivity index (χ4v) is 14.3. The predicted octanol–water partition coefficient (Wildman–Crippen LogP) is 16.2. The van der Waals surface area contributed by atoms with Crippen LogP contribution < -0.4 is 0 Å². The highest BCUT2D eigenvalue weighted by molar-refractivity contribution is 5.79. The van der Waals surface area contributed by atoms with Crippen molar-refractivity contribution in [2.75, 3.05) is 0 Å². The first kappa shape index (κ1) is 49.4. The smallest absolute Gasteiger partial charge is 0.0875 e. The Morgan fingerprint density at radius 3 is 0.703 bits per heavy atom. The van der Waals surface area contributed by atoms with Crippen LogP contribution in [0.1, 0.15) is 196 Å². The van der Waals surface area contributed by atoms with Crippen molar-refractivity contribution in [1.82, 2.24) is 39.9 Å². The van der Waals surface area contributed by atoms with E-state index in [4.69, 9.17) is 9.97 Å². The van der Waals surface area contributed by atoms with Crippen LogP contribution >= 0.6 is 0 Å². The summed E-state index contributed by atoms with van der Waals surface area (Å²) in [5.74, 6) is -0.317. The van der Waals surface area contributed by atoms with Crippen LogP contribution in [0.15, 0.2) is 60.7 Å². The molecule has 12 rings (SSSR count). The van der Waals surface area contributed by atoms with Gasteiger partial charge in [-0.05, 0) is 185 Å². The van der Waals surface area contributed by atoms with Crippen LogP contribution in [0.2, 0.25) is 0 Å². The molecule has 0 spiro atoms. The van der Waals surface area contributed by atoms with Crippen molar-refractivity contribution in [2.45, 2.75) is 172 Å². The largest absolute Gasteiger partial charge is 0.357 e. The average molecular weight is 983 g/mol. The fourth-order valence-electron chi connectivity index (χ4n) is 14.3. The van der Waals surface area contributed by atoms with Crippen molar-refractivity contribution < 1.29 is 0 Å². The quantitative estimate of drug-likeness (QED) is 0.0731. The first-order valence-corrected chi connectivity index (χ1v) is 28.7. The third kappa shape index (κ3) is 7.35. The van der Waals surface area contributed by atoms with Gasteiger partial charge in [-0.3, -0.25) is 0 Å². The molecule has 0 radical (unpaired) electrons. The molecule has 9 aromatic rings. The normalized spacial score (nSPS) is 14.6. The van der Waals surface area contributed by atoms with E-state index < -0.39 is 0 Å². The van der Waals surface area contributed by atoms with Crippen molar-refractivity contribution in [3.8, 4) is 68.1 Å². The Hall–Kier alpha value is -6.80. The second-order valence-electron chi connectivity index (χ2n) is 20.7. The first-order valence-electron chi connectivity index (χ1n) is 28.7. The lowest BCUT2D eigenvalue weighted by Gasteiger charge is -2.21. The first-order chi connectivity index (χ1) is 36.2. The Bertz CT molecular complexity index is 2970. The zero-order valence-corrected chi connectivity index (χ0v) is 46.3. The summed E-state index contributed by atoms with van der Waals surface area (Å²) < 4.78 is 0. The fraction of sp³-hybridized carbons (Fsp3) is 0.394. The monoisotopic (exact) mass is 983 g/mol. The number of H-pyrrole nitrogens is 6. The number of aromatic amines is 6. The molecule has 0 fully saturated rings. The Morgan fingerprint density at radius 1 is 0.270 bits per heavy atom. The highest BCUT2D eigenvalue weighted by Gasteiger charge is 2.37. The molecule has 0 unspecified atom stereocenters. The van der Waals surface area contributed by atoms with Crippen molar-refractivity contribution >= 4 is 0 Å². The predicted molar refractivity (Wildman–Crippen MR) is 308 cm³/mol. The lowest BCUT2D eigenvalue weighted by Crippen LogP contribution is -2.12. The number of rotatable bonds is 12. The van der Waals surface area contributed by atoms with Gasteiger partial charge in [0.25, 0.3) is 0 Å². The minimum Gasteiger partial charge on any atom is -0.357 e. The molecule has 3 aliphatic heterocycles. The Morgan fingerprint density at radius 2 is 0.473 bits per heavy atom. The molecular formula is C66H78N8. The van der Waals surface area contributed by atoms with Gasteiger partial charge in [-0.15, -0.1) is 0 Å². The molecule has 8 heteroatoms. The SMILES string of the molecule is CCc1c2[nH]c(c1CC)C1c3[nH]c(c(CC)c3CC)-c3cccc(n3)-c3[nH]c(c(CC)c3CC)C(c3[nH]c(c(CC)c3CC)-c3cccc-2c3)c2[nH]c(c(CC)c2CC)-c2cccc(n2)-c2[nH]c1c(CC)c2CC. The summed E-state index contributed by atoms with van der Waals surface area (Å²) in [5.41, 5.74) is 37.2. The van der Waals surface area contributed by atoms with Gasteiger partial charge in [0.15, 0.2) is 0 Å².